The molecule has 110 valence electrons. The van der Waals surface area contributed by atoms with Crippen LogP contribution in [0.4, 0.5) is 0 Å². The molecular formula is C18H21NO2. The second-order valence-corrected chi connectivity index (χ2v) is 5.96. The Kier molecular flexibility index (Phi) is 3.68. The number of hydrogen-bond acceptors (Lipinski definition) is 2. The molecule has 0 bridgehead atoms. The second kappa shape index (κ2) is 5.49. The second-order valence-electron chi connectivity index (χ2n) is 5.96. The van der Waals surface area contributed by atoms with Crippen LogP contribution in [0.25, 0.3) is 10.8 Å². The molecule has 2 aromatic carbocycles. The predicted octanol–water partition coefficient (Wildman–Crippen LogP) is 3.70. The number of fused-ring (bicyclic) bond motifs is 1. The van der Waals surface area contributed by atoms with E-state index in [1.54, 1.807) is 0 Å². The van der Waals surface area contributed by atoms with Crippen LogP contribution in [0.15, 0.2) is 42.5 Å². The quantitative estimate of drug-likeness (QED) is 0.933. The topological polar surface area (TPSA) is 40.5 Å². The van der Waals surface area contributed by atoms with Crippen LogP contribution in [0.3, 0.4) is 0 Å². The Labute approximate surface area is 125 Å². The lowest BCUT2D eigenvalue weighted by Gasteiger charge is -2.30. The highest BCUT2D eigenvalue weighted by Crippen LogP contribution is 2.35. The van der Waals surface area contributed by atoms with Gasteiger partial charge in [0.25, 0.3) is 0 Å². The van der Waals surface area contributed by atoms with E-state index in [0.29, 0.717) is 0 Å². The molecule has 0 radical (unpaired) electrons. The summed E-state index contributed by atoms with van der Waals surface area (Å²) in [6.45, 7) is 5.07. The van der Waals surface area contributed by atoms with Gasteiger partial charge in [0.1, 0.15) is 0 Å². The summed E-state index contributed by atoms with van der Waals surface area (Å²) in [5.41, 5.74) is 1.28. The van der Waals surface area contributed by atoms with Crippen LogP contribution < -0.4 is 0 Å². The first-order valence-electron chi connectivity index (χ1n) is 7.56. The van der Waals surface area contributed by atoms with E-state index in [9.17, 15) is 9.90 Å². The fourth-order valence-electron chi connectivity index (χ4n) is 3.63. The van der Waals surface area contributed by atoms with Crippen molar-refractivity contribution in [3.63, 3.8) is 0 Å². The number of nitrogens with zero attached hydrogens (tertiary/aromatic N) is 1. The van der Waals surface area contributed by atoms with Crippen LogP contribution in [0.2, 0.25) is 0 Å². The normalized spacial score (nSPS) is 24.3. The molecule has 0 aromatic heterocycles. The minimum Gasteiger partial charge on any atom is -0.481 e. The highest BCUT2D eigenvalue weighted by molar-refractivity contribution is 5.86. The molecule has 0 amide bonds. The first-order valence-corrected chi connectivity index (χ1v) is 7.56. The Balaban J connectivity index is 1.94. The maximum absolute atomic E-state index is 11.3. The lowest BCUT2D eigenvalue weighted by molar-refractivity contribution is -0.142. The molecule has 1 heterocycles. The third-order valence-corrected chi connectivity index (χ3v) is 4.89. The molecule has 0 spiro atoms. The Morgan fingerprint density at radius 1 is 1.24 bits per heavy atom. The van der Waals surface area contributed by atoms with Gasteiger partial charge >= 0.3 is 5.97 Å². The fraction of sp³-hybridized carbons (Fsp3) is 0.389. The van der Waals surface area contributed by atoms with Crippen molar-refractivity contribution in [3.05, 3.63) is 48.0 Å². The molecule has 2 aromatic rings. The average Bonchev–Trinajstić information content (AvgIpc) is 2.88. The van der Waals surface area contributed by atoms with Gasteiger partial charge in [0.05, 0.1) is 5.92 Å². The van der Waals surface area contributed by atoms with Gasteiger partial charge in [0.2, 0.25) is 0 Å². The van der Waals surface area contributed by atoms with Crippen molar-refractivity contribution in [2.45, 2.75) is 32.4 Å². The Bertz CT molecular complexity index is 662. The summed E-state index contributed by atoms with van der Waals surface area (Å²) in [4.78, 5) is 13.6. The van der Waals surface area contributed by atoms with Crippen LogP contribution in [-0.4, -0.2) is 28.6 Å². The number of likely N-dealkylation sites (tertiary alicyclic amines) is 1. The minimum atomic E-state index is -0.671. The maximum Gasteiger partial charge on any atom is 0.308 e. The van der Waals surface area contributed by atoms with Crippen molar-refractivity contribution in [1.29, 1.82) is 0 Å². The third kappa shape index (κ3) is 2.42. The number of rotatable bonds is 3. The molecule has 3 unspecified atom stereocenters. The molecule has 0 aliphatic carbocycles. The van der Waals surface area contributed by atoms with Crippen molar-refractivity contribution >= 4 is 16.7 Å². The van der Waals surface area contributed by atoms with Gasteiger partial charge in [-0.1, -0.05) is 42.5 Å². The monoisotopic (exact) mass is 283 g/mol. The van der Waals surface area contributed by atoms with Gasteiger partial charge in [-0.25, -0.2) is 0 Å². The zero-order valence-electron chi connectivity index (χ0n) is 12.5. The van der Waals surface area contributed by atoms with Crippen molar-refractivity contribution in [1.82, 2.24) is 4.90 Å². The van der Waals surface area contributed by atoms with E-state index >= 15 is 0 Å². The molecule has 1 N–H and O–H groups in total. The zero-order chi connectivity index (χ0) is 15.0. The van der Waals surface area contributed by atoms with Crippen molar-refractivity contribution in [2.24, 2.45) is 5.92 Å². The summed E-state index contributed by atoms with van der Waals surface area (Å²) < 4.78 is 0. The number of carboxylic acid groups (broad SMARTS) is 1. The lowest BCUT2D eigenvalue weighted by atomic mass is 9.97. The third-order valence-electron chi connectivity index (χ3n) is 4.89. The van der Waals surface area contributed by atoms with E-state index in [1.165, 1.54) is 16.3 Å². The molecular weight excluding hydrogens is 262 g/mol. The van der Waals surface area contributed by atoms with Crippen molar-refractivity contribution in [2.75, 3.05) is 6.54 Å². The van der Waals surface area contributed by atoms with Crippen LogP contribution in [-0.2, 0) is 4.79 Å². The van der Waals surface area contributed by atoms with Gasteiger partial charge in [-0.3, -0.25) is 9.69 Å². The molecule has 3 atom stereocenters. The van der Waals surface area contributed by atoms with Gasteiger partial charge < -0.3 is 5.11 Å². The summed E-state index contributed by atoms with van der Waals surface area (Å²) in [6, 6.07) is 15.1. The number of aliphatic carboxylic acids is 1. The summed E-state index contributed by atoms with van der Waals surface area (Å²) in [5, 5.41) is 11.8. The summed E-state index contributed by atoms with van der Waals surface area (Å²) in [6.07, 6.45) is 0.742. The van der Waals surface area contributed by atoms with Crippen molar-refractivity contribution in [3.8, 4) is 0 Å². The van der Waals surface area contributed by atoms with E-state index < -0.39 is 5.97 Å². The first kappa shape index (κ1) is 14.1. The first-order chi connectivity index (χ1) is 10.1. The minimum absolute atomic E-state index is 0.0801. The zero-order valence-corrected chi connectivity index (χ0v) is 12.5. The largest absolute Gasteiger partial charge is 0.481 e. The number of carboxylic acids is 1. The highest BCUT2D eigenvalue weighted by Gasteiger charge is 2.38. The summed E-state index contributed by atoms with van der Waals surface area (Å²) >= 11 is 0. The standard InChI is InChI=1S/C18H21NO2/c1-12(19-11-10-16(13(19)2)18(20)21)15-9-5-7-14-6-3-4-8-17(14)15/h3-9,12-13,16H,10-11H2,1-2H3,(H,20,21). The summed E-state index contributed by atoms with van der Waals surface area (Å²) in [7, 11) is 0. The number of carbonyl (C=O) groups is 1. The van der Waals surface area contributed by atoms with E-state index in [0.717, 1.165) is 13.0 Å². The van der Waals surface area contributed by atoms with Crippen molar-refractivity contribution < 1.29 is 9.90 Å². The lowest BCUT2D eigenvalue weighted by Crippen LogP contribution is -2.35. The van der Waals surface area contributed by atoms with E-state index in [4.69, 9.17) is 0 Å². The van der Waals surface area contributed by atoms with Gasteiger partial charge in [0.15, 0.2) is 0 Å². The maximum atomic E-state index is 11.3. The van der Waals surface area contributed by atoms with E-state index in [1.807, 2.05) is 6.92 Å². The average molecular weight is 283 g/mol. The molecule has 1 fully saturated rings. The Morgan fingerprint density at radius 3 is 2.67 bits per heavy atom. The van der Waals surface area contributed by atoms with Crippen LogP contribution in [0.5, 0.6) is 0 Å². The van der Waals surface area contributed by atoms with Crippen LogP contribution >= 0.6 is 0 Å². The predicted molar refractivity (Wildman–Crippen MR) is 84.3 cm³/mol. The molecule has 21 heavy (non-hydrogen) atoms. The fourth-order valence-corrected chi connectivity index (χ4v) is 3.63. The molecule has 3 heteroatoms. The van der Waals surface area contributed by atoms with Gasteiger partial charge in [0, 0.05) is 12.1 Å². The molecule has 0 saturated carbocycles. The Hall–Kier alpha value is -1.87. The Morgan fingerprint density at radius 2 is 1.95 bits per heavy atom. The van der Waals surface area contributed by atoms with E-state index in [2.05, 4.69) is 54.3 Å². The highest BCUT2D eigenvalue weighted by atomic mass is 16.4. The van der Waals surface area contributed by atoms with Crippen LogP contribution in [0.1, 0.15) is 31.9 Å². The van der Waals surface area contributed by atoms with E-state index in [-0.39, 0.29) is 18.0 Å². The van der Waals surface area contributed by atoms with Crippen LogP contribution in [0, 0.1) is 5.92 Å². The molecule has 3 nitrogen and oxygen atoms in total. The summed E-state index contributed by atoms with van der Waals surface area (Å²) in [5.74, 6) is -0.919. The van der Waals surface area contributed by atoms with Gasteiger partial charge in [-0.2, -0.15) is 0 Å². The molecule has 1 aliphatic rings. The van der Waals surface area contributed by atoms with Gasteiger partial charge in [-0.15, -0.1) is 0 Å². The van der Waals surface area contributed by atoms with Gasteiger partial charge in [-0.05, 0) is 43.1 Å². The molecule has 1 saturated heterocycles. The smallest absolute Gasteiger partial charge is 0.308 e. The molecule has 1 aliphatic heterocycles. The number of hydrogen-bond donors (Lipinski definition) is 1. The number of benzene rings is 2. The molecule has 3 rings (SSSR count). The SMILES string of the molecule is CC(c1cccc2ccccc12)N1CCC(C(=O)O)C1C.